The van der Waals surface area contributed by atoms with Gasteiger partial charge in [0.05, 0.1) is 18.1 Å². The predicted octanol–water partition coefficient (Wildman–Crippen LogP) is 2.35. The highest BCUT2D eigenvalue weighted by molar-refractivity contribution is 6.27. The zero-order valence-electron chi connectivity index (χ0n) is 9.33. The van der Waals surface area contributed by atoms with Crippen LogP contribution in [0.1, 0.15) is 22.8 Å². The van der Waals surface area contributed by atoms with E-state index in [0.717, 1.165) is 6.07 Å². The molecule has 3 nitrogen and oxygen atoms in total. The molecular formula is C12H12ClFO3. The average Bonchev–Trinajstić information content (AvgIpc) is 2.31. The number of hydrogen-bond acceptors (Lipinski definition) is 3. The van der Waals surface area contributed by atoms with Crippen LogP contribution in [0.5, 0.6) is 0 Å². The normalized spacial score (nSPS) is 10.1. The van der Waals surface area contributed by atoms with Crippen LogP contribution in [0.3, 0.4) is 0 Å². The Morgan fingerprint density at radius 1 is 1.41 bits per heavy atom. The van der Waals surface area contributed by atoms with Gasteiger partial charge in [-0.25, -0.2) is 9.18 Å². The average molecular weight is 259 g/mol. The van der Waals surface area contributed by atoms with Crippen molar-refractivity contribution >= 4 is 23.4 Å². The molecule has 0 atom stereocenters. The van der Waals surface area contributed by atoms with Gasteiger partial charge in [-0.15, -0.1) is 11.6 Å². The minimum atomic E-state index is -0.731. The molecule has 92 valence electrons. The van der Waals surface area contributed by atoms with Crippen LogP contribution < -0.4 is 0 Å². The second-order valence-corrected chi connectivity index (χ2v) is 3.65. The molecule has 0 saturated heterocycles. The second-order valence-electron chi connectivity index (χ2n) is 3.38. The zero-order chi connectivity index (χ0) is 12.8. The number of benzene rings is 1. The summed E-state index contributed by atoms with van der Waals surface area (Å²) in [6, 6.07) is 3.91. The van der Waals surface area contributed by atoms with Gasteiger partial charge in [-0.05, 0) is 24.6 Å². The van der Waals surface area contributed by atoms with Gasteiger partial charge in [0.1, 0.15) is 5.82 Å². The molecule has 0 N–H and O–H groups in total. The summed E-state index contributed by atoms with van der Waals surface area (Å²) in [4.78, 5) is 22.5. The first kappa shape index (κ1) is 13.6. The van der Waals surface area contributed by atoms with Crippen molar-refractivity contribution in [3.05, 3.63) is 35.1 Å². The SMILES string of the molecule is CCOC(=O)c1cc(CC(=O)CCl)ccc1F. The summed E-state index contributed by atoms with van der Waals surface area (Å²) >= 11 is 5.37. The van der Waals surface area contributed by atoms with E-state index in [1.807, 2.05) is 0 Å². The summed E-state index contributed by atoms with van der Waals surface area (Å²) in [6.07, 6.45) is 0.0795. The van der Waals surface area contributed by atoms with E-state index in [4.69, 9.17) is 16.3 Å². The molecule has 0 aromatic heterocycles. The van der Waals surface area contributed by atoms with Crippen molar-refractivity contribution in [1.29, 1.82) is 0 Å². The van der Waals surface area contributed by atoms with Crippen LogP contribution in [0.25, 0.3) is 0 Å². The Kier molecular flexibility index (Phi) is 5.10. The molecule has 0 spiro atoms. The minimum absolute atomic E-state index is 0.0795. The third kappa shape index (κ3) is 3.82. The van der Waals surface area contributed by atoms with Gasteiger partial charge in [0.15, 0.2) is 5.78 Å². The van der Waals surface area contributed by atoms with Gasteiger partial charge in [-0.2, -0.15) is 0 Å². The van der Waals surface area contributed by atoms with Crippen molar-refractivity contribution < 1.29 is 18.7 Å². The Hall–Kier alpha value is -1.42. The summed E-state index contributed by atoms with van der Waals surface area (Å²) in [7, 11) is 0. The summed E-state index contributed by atoms with van der Waals surface area (Å²) in [6.45, 7) is 1.81. The molecule has 0 aliphatic rings. The van der Waals surface area contributed by atoms with Gasteiger partial charge >= 0.3 is 5.97 Å². The number of rotatable bonds is 5. The molecule has 0 fully saturated rings. The van der Waals surface area contributed by atoms with Gasteiger partial charge in [0.25, 0.3) is 0 Å². The number of esters is 1. The molecule has 0 aliphatic heterocycles. The van der Waals surface area contributed by atoms with Gasteiger partial charge < -0.3 is 4.74 Å². The van der Waals surface area contributed by atoms with Crippen molar-refractivity contribution in [2.75, 3.05) is 12.5 Å². The lowest BCUT2D eigenvalue weighted by Crippen LogP contribution is -2.10. The van der Waals surface area contributed by atoms with Crippen LogP contribution in [0.4, 0.5) is 4.39 Å². The maximum atomic E-state index is 13.4. The van der Waals surface area contributed by atoms with E-state index in [0.29, 0.717) is 5.56 Å². The van der Waals surface area contributed by atoms with Crippen LogP contribution in [0.15, 0.2) is 18.2 Å². The Morgan fingerprint density at radius 2 is 2.12 bits per heavy atom. The van der Waals surface area contributed by atoms with E-state index in [9.17, 15) is 14.0 Å². The van der Waals surface area contributed by atoms with Crippen LogP contribution in [-0.2, 0) is 16.0 Å². The fourth-order valence-corrected chi connectivity index (χ4v) is 1.42. The molecule has 1 aromatic rings. The summed E-state index contributed by atoms with van der Waals surface area (Å²) < 4.78 is 18.1. The molecule has 1 rings (SSSR count). The van der Waals surface area contributed by atoms with Crippen molar-refractivity contribution in [3.63, 3.8) is 0 Å². The molecule has 5 heteroatoms. The van der Waals surface area contributed by atoms with E-state index in [-0.39, 0.29) is 30.3 Å². The number of ether oxygens (including phenoxy) is 1. The van der Waals surface area contributed by atoms with Crippen LogP contribution in [-0.4, -0.2) is 24.2 Å². The van der Waals surface area contributed by atoms with Crippen LogP contribution in [0.2, 0.25) is 0 Å². The largest absolute Gasteiger partial charge is 0.462 e. The quantitative estimate of drug-likeness (QED) is 0.601. The Morgan fingerprint density at radius 3 is 2.71 bits per heavy atom. The smallest absolute Gasteiger partial charge is 0.341 e. The highest BCUT2D eigenvalue weighted by atomic mass is 35.5. The van der Waals surface area contributed by atoms with Crippen LogP contribution in [0, 0.1) is 5.82 Å². The fourth-order valence-electron chi connectivity index (χ4n) is 1.32. The first-order chi connectivity index (χ1) is 8.08. The molecule has 0 bridgehead atoms. The summed E-state index contributed by atoms with van der Waals surface area (Å²) in [5.74, 6) is -1.68. The predicted molar refractivity (Wildman–Crippen MR) is 61.8 cm³/mol. The van der Waals surface area contributed by atoms with Crippen molar-refractivity contribution in [2.45, 2.75) is 13.3 Å². The zero-order valence-corrected chi connectivity index (χ0v) is 10.1. The van der Waals surface area contributed by atoms with Gasteiger partial charge in [-0.1, -0.05) is 6.07 Å². The van der Waals surface area contributed by atoms with E-state index < -0.39 is 11.8 Å². The first-order valence-electron chi connectivity index (χ1n) is 5.11. The Bertz CT molecular complexity index is 432. The topological polar surface area (TPSA) is 43.4 Å². The minimum Gasteiger partial charge on any atom is -0.462 e. The molecule has 0 amide bonds. The third-order valence-corrected chi connectivity index (χ3v) is 2.37. The number of halogens is 2. The number of carbonyl (C=O) groups excluding carboxylic acids is 2. The monoisotopic (exact) mass is 258 g/mol. The second kappa shape index (κ2) is 6.35. The van der Waals surface area contributed by atoms with Crippen molar-refractivity contribution in [3.8, 4) is 0 Å². The number of alkyl halides is 1. The fraction of sp³-hybridized carbons (Fsp3) is 0.333. The summed E-state index contributed by atoms with van der Waals surface area (Å²) in [5, 5.41) is 0. The third-order valence-electron chi connectivity index (χ3n) is 2.08. The lowest BCUT2D eigenvalue weighted by molar-refractivity contribution is -0.116. The lowest BCUT2D eigenvalue weighted by atomic mass is 10.1. The number of carbonyl (C=O) groups is 2. The molecule has 0 heterocycles. The Balaban J connectivity index is 2.94. The highest BCUT2D eigenvalue weighted by Crippen LogP contribution is 2.13. The standard InChI is InChI=1S/C12H12ClFO3/c1-2-17-12(16)10-6-8(3-4-11(10)14)5-9(15)7-13/h3-4,6H,2,5,7H2,1H3. The van der Waals surface area contributed by atoms with Gasteiger partial charge in [0, 0.05) is 6.42 Å². The highest BCUT2D eigenvalue weighted by Gasteiger charge is 2.14. The van der Waals surface area contributed by atoms with Crippen LogP contribution >= 0.6 is 11.6 Å². The maximum absolute atomic E-state index is 13.4. The Labute approximate surface area is 104 Å². The van der Waals surface area contributed by atoms with E-state index in [1.165, 1.54) is 12.1 Å². The molecule has 0 unspecified atom stereocenters. The van der Waals surface area contributed by atoms with E-state index in [1.54, 1.807) is 6.92 Å². The molecular weight excluding hydrogens is 247 g/mol. The van der Waals surface area contributed by atoms with Crippen molar-refractivity contribution in [1.82, 2.24) is 0 Å². The summed E-state index contributed by atoms with van der Waals surface area (Å²) in [5.41, 5.74) is 0.381. The van der Waals surface area contributed by atoms with E-state index in [2.05, 4.69) is 0 Å². The van der Waals surface area contributed by atoms with Crippen molar-refractivity contribution in [2.24, 2.45) is 0 Å². The number of ketones is 1. The maximum Gasteiger partial charge on any atom is 0.341 e. The molecule has 0 saturated carbocycles. The first-order valence-corrected chi connectivity index (χ1v) is 5.65. The molecule has 0 radical (unpaired) electrons. The van der Waals surface area contributed by atoms with Gasteiger partial charge in [0.2, 0.25) is 0 Å². The van der Waals surface area contributed by atoms with Gasteiger partial charge in [-0.3, -0.25) is 4.79 Å². The lowest BCUT2D eigenvalue weighted by Gasteiger charge is -2.05. The number of hydrogen-bond donors (Lipinski definition) is 0. The van der Waals surface area contributed by atoms with E-state index >= 15 is 0 Å². The number of Topliss-reactive ketones (excluding diaryl/α,β-unsaturated/α-hetero) is 1. The molecule has 1 aromatic carbocycles. The molecule has 0 aliphatic carbocycles. The molecule has 17 heavy (non-hydrogen) atoms.